The van der Waals surface area contributed by atoms with E-state index in [0.717, 1.165) is 31.2 Å². The molecule has 88 valence electrons. The molecule has 0 fully saturated rings. The molecule has 0 atom stereocenters. The van der Waals surface area contributed by atoms with Gasteiger partial charge in [0.25, 0.3) is 0 Å². The fourth-order valence-corrected chi connectivity index (χ4v) is 1.91. The largest absolute Gasteiger partial charge is 0.427 e. The molecule has 0 aliphatic carbocycles. The Kier molecular flexibility index (Phi) is 4.47. The molecule has 0 N–H and O–H groups in total. The highest BCUT2D eigenvalue weighted by molar-refractivity contribution is 5.96. The van der Waals surface area contributed by atoms with Gasteiger partial charge in [-0.05, 0) is 32.3 Å². The van der Waals surface area contributed by atoms with Crippen LogP contribution in [0.2, 0.25) is 0 Å². The van der Waals surface area contributed by atoms with E-state index in [4.69, 9.17) is 4.42 Å². The van der Waals surface area contributed by atoms with Crippen molar-refractivity contribution in [3.05, 3.63) is 33.4 Å². The van der Waals surface area contributed by atoms with Crippen molar-refractivity contribution in [2.24, 2.45) is 0 Å². The van der Waals surface area contributed by atoms with Crippen molar-refractivity contribution in [2.45, 2.75) is 46.5 Å². The van der Waals surface area contributed by atoms with Gasteiger partial charge in [-0.25, -0.2) is 4.79 Å². The molecule has 0 spiro atoms. The molecule has 0 aliphatic heterocycles. The quantitative estimate of drug-likeness (QED) is 0.568. The van der Waals surface area contributed by atoms with Crippen LogP contribution in [0.5, 0.6) is 0 Å². The van der Waals surface area contributed by atoms with Crippen molar-refractivity contribution in [1.82, 2.24) is 0 Å². The van der Waals surface area contributed by atoms with Crippen molar-refractivity contribution < 1.29 is 9.21 Å². The summed E-state index contributed by atoms with van der Waals surface area (Å²) in [6.07, 6.45) is 4.00. The molecule has 3 heteroatoms. The van der Waals surface area contributed by atoms with E-state index in [9.17, 15) is 9.59 Å². The van der Waals surface area contributed by atoms with Gasteiger partial charge in [0.2, 0.25) is 0 Å². The lowest BCUT2D eigenvalue weighted by Crippen LogP contribution is -2.10. The van der Waals surface area contributed by atoms with Crippen LogP contribution < -0.4 is 5.63 Å². The van der Waals surface area contributed by atoms with Gasteiger partial charge >= 0.3 is 5.63 Å². The molecular weight excluding hydrogens is 204 g/mol. The molecule has 16 heavy (non-hydrogen) atoms. The SMILES string of the molecule is CCCCCc1cc(=O)oc(C)c1C(C)=O. The highest BCUT2D eigenvalue weighted by Gasteiger charge is 2.13. The van der Waals surface area contributed by atoms with Crippen LogP contribution in [-0.2, 0) is 6.42 Å². The van der Waals surface area contributed by atoms with Crippen LogP contribution >= 0.6 is 0 Å². The van der Waals surface area contributed by atoms with Gasteiger partial charge in [0.05, 0.1) is 5.56 Å². The van der Waals surface area contributed by atoms with Crippen LogP contribution in [0.1, 0.15) is 54.8 Å². The monoisotopic (exact) mass is 222 g/mol. The Labute approximate surface area is 95.5 Å². The van der Waals surface area contributed by atoms with Crippen LogP contribution in [0.15, 0.2) is 15.3 Å². The van der Waals surface area contributed by atoms with E-state index in [2.05, 4.69) is 6.92 Å². The van der Waals surface area contributed by atoms with E-state index in [0.29, 0.717) is 11.3 Å². The maximum absolute atomic E-state index is 11.5. The number of hydrogen-bond donors (Lipinski definition) is 0. The fraction of sp³-hybridized carbons (Fsp3) is 0.538. The predicted octanol–water partition coefficient (Wildman–Crippen LogP) is 2.88. The van der Waals surface area contributed by atoms with Gasteiger partial charge in [-0.1, -0.05) is 19.8 Å². The van der Waals surface area contributed by atoms with Crippen molar-refractivity contribution in [3.63, 3.8) is 0 Å². The van der Waals surface area contributed by atoms with Gasteiger partial charge in [-0.3, -0.25) is 4.79 Å². The minimum atomic E-state index is -0.367. The van der Waals surface area contributed by atoms with Gasteiger partial charge < -0.3 is 4.42 Å². The highest BCUT2D eigenvalue weighted by atomic mass is 16.4. The van der Waals surface area contributed by atoms with Gasteiger partial charge in [0.1, 0.15) is 5.76 Å². The number of carbonyl (C=O) groups is 1. The molecule has 0 aromatic carbocycles. The van der Waals surface area contributed by atoms with Crippen molar-refractivity contribution in [2.75, 3.05) is 0 Å². The minimum absolute atomic E-state index is 0.0345. The van der Waals surface area contributed by atoms with E-state index in [1.807, 2.05) is 0 Å². The van der Waals surface area contributed by atoms with Gasteiger partial charge in [0, 0.05) is 6.07 Å². The molecule has 1 rings (SSSR count). The lowest BCUT2D eigenvalue weighted by Gasteiger charge is -2.07. The Hall–Kier alpha value is -1.38. The number of aryl methyl sites for hydroxylation is 2. The maximum Gasteiger partial charge on any atom is 0.336 e. The average Bonchev–Trinajstić information content (AvgIpc) is 2.16. The van der Waals surface area contributed by atoms with E-state index in [1.165, 1.54) is 13.0 Å². The molecular formula is C13H18O3. The van der Waals surface area contributed by atoms with E-state index >= 15 is 0 Å². The molecule has 1 aromatic heterocycles. The van der Waals surface area contributed by atoms with E-state index < -0.39 is 0 Å². The van der Waals surface area contributed by atoms with Crippen molar-refractivity contribution in [3.8, 4) is 0 Å². The summed E-state index contributed by atoms with van der Waals surface area (Å²) >= 11 is 0. The van der Waals surface area contributed by atoms with Crippen LogP contribution in [0.3, 0.4) is 0 Å². The van der Waals surface area contributed by atoms with Crippen LogP contribution in [0.4, 0.5) is 0 Å². The number of hydrogen-bond acceptors (Lipinski definition) is 3. The summed E-state index contributed by atoms with van der Waals surface area (Å²) in [5.74, 6) is 0.402. The molecule has 1 aromatic rings. The zero-order chi connectivity index (χ0) is 12.1. The lowest BCUT2D eigenvalue weighted by molar-refractivity contribution is 0.101. The normalized spacial score (nSPS) is 10.4. The lowest BCUT2D eigenvalue weighted by atomic mass is 9.99. The Morgan fingerprint density at radius 1 is 1.38 bits per heavy atom. The van der Waals surface area contributed by atoms with Crippen molar-refractivity contribution in [1.29, 1.82) is 0 Å². The van der Waals surface area contributed by atoms with Gasteiger partial charge in [-0.15, -0.1) is 0 Å². The van der Waals surface area contributed by atoms with Gasteiger partial charge in [0.15, 0.2) is 5.78 Å². The number of Topliss-reactive ketones (excluding diaryl/α,β-unsaturated/α-hetero) is 1. The topological polar surface area (TPSA) is 47.3 Å². The predicted molar refractivity (Wildman–Crippen MR) is 62.9 cm³/mol. The number of carbonyl (C=O) groups excluding carboxylic acids is 1. The summed E-state index contributed by atoms with van der Waals surface area (Å²) in [5.41, 5.74) is 1.04. The number of rotatable bonds is 5. The van der Waals surface area contributed by atoms with E-state index in [-0.39, 0.29) is 11.4 Å². The zero-order valence-corrected chi connectivity index (χ0v) is 10.1. The van der Waals surface area contributed by atoms with Crippen molar-refractivity contribution >= 4 is 5.78 Å². The molecule has 1 heterocycles. The summed E-state index contributed by atoms with van der Waals surface area (Å²) in [5, 5.41) is 0. The first-order valence-electron chi connectivity index (χ1n) is 5.70. The van der Waals surface area contributed by atoms with Gasteiger partial charge in [-0.2, -0.15) is 0 Å². The first kappa shape index (κ1) is 12.7. The Morgan fingerprint density at radius 2 is 2.06 bits per heavy atom. The third-order valence-electron chi connectivity index (χ3n) is 2.62. The third kappa shape index (κ3) is 3.05. The van der Waals surface area contributed by atoms with Crippen LogP contribution in [0, 0.1) is 6.92 Å². The van der Waals surface area contributed by atoms with Crippen LogP contribution in [0.25, 0.3) is 0 Å². The zero-order valence-electron chi connectivity index (χ0n) is 10.1. The Balaban J connectivity index is 3.04. The molecule has 0 saturated carbocycles. The highest BCUT2D eigenvalue weighted by Crippen LogP contribution is 2.15. The molecule has 0 unspecified atom stereocenters. The second kappa shape index (κ2) is 5.64. The molecule has 0 saturated heterocycles. The fourth-order valence-electron chi connectivity index (χ4n) is 1.91. The molecule has 0 radical (unpaired) electrons. The molecule has 0 aliphatic rings. The third-order valence-corrected chi connectivity index (χ3v) is 2.62. The Bertz CT molecular complexity index is 429. The summed E-state index contributed by atoms with van der Waals surface area (Å²) in [6, 6.07) is 1.44. The summed E-state index contributed by atoms with van der Waals surface area (Å²) in [4.78, 5) is 22.7. The summed E-state index contributed by atoms with van der Waals surface area (Å²) in [7, 11) is 0. The average molecular weight is 222 g/mol. The molecule has 0 bridgehead atoms. The second-order valence-electron chi connectivity index (χ2n) is 4.04. The Morgan fingerprint density at radius 3 is 2.62 bits per heavy atom. The van der Waals surface area contributed by atoms with E-state index in [1.54, 1.807) is 6.92 Å². The maximum atomic E-state index is 11.5. The number of unbranched alkanes of at least 4 members (excludes halogenated alkanes) is 2. The smallest absolute Gasteiger partial charge is 0.336 e. The number of ketones is 1. The summed E-state index contributed by atoms with van der Waals surface area (Å²) in [6.45, 7) is 5.30. The van der Waals surface area contributed by atoms with Crippen LogP contribution in [-0.4, -0.2) is 5.78 Å². The second-order valence-corrected chi connectivity index (χ2v) is 4.04. The standard InChI is InChI=1S/C13H18O3/c1-4-5-6-7-11-8-12(15)16-10(3)13(11)9(2)14/h8H,4-7H2,1-3H3. The summed E-state index contributed by atoms with van der Waals surface area (Å²) < 4.78 is 4.94. The minimum Gasteiger partial charge on any atom is -0.427 e. The first-order valence-corrected chi connectivity index (χ1v) is 5.70. The molecule has 0 amide bonds. The molecule has 3 nitrogen and oxygen atoms in total. The first-order chi connectivity index (χ1) is 7.56.